The SMILES string of the molecule is COc1ccc(CSc2ccccc2NCCNC(=O)C(C)(C)SCc2ccc(OC)cc2)cc1. The number of thioether (sulfide) groups is 2. The van der Waals surface area contributed by atoms with Gasteiger partial charge in [0.2, 0.25) is 5.91 Å². The van der Waals surface area contributed by atoms with E-state index in [2.05, 4.69) is 34.9 Å². The first-order valence-corrected chi connectivity index (χ1v) is 13.5. The Labute approximate surface area is 217 Å². The molecule has 0 aliphatic heterocycles. The third kappa shape index (κ3) is 8.44. The minimum Gasteiger partial charge on any atom is -0.497 e. The number of ether oxygens (including phenoxy) is 2. The van der Waals surface area contributed by atoms with E-state index in [1.165, 1.54) is 16.0 Å². The van der Waals surface area contributed by atoms with Crippen LogP contribution >= 0.6 is 23.5 Å². The van der Waals surface area contributed by atoms with Gasteiger partial charge >= 0.3 is 0 Å². The summed E-state index contributed by atoms with van der Waals surface area (Å²) in [6.45, 7) is 5.15. The Morgan fingerprint density at radius 1 is 0.800 bits per heavy atom. The molecule has 0 saturated carbocycles. The Balaban J connectivity index is 1.43. The van der Waals surface area contributed by atoms with Crippen molar-refractivity contribution in [2.45, 2.75) is 35.0 Å². The molecule has 0 radical (unpaired) electrons. The van der Waals surface area contributed by atoms with Gasteiger partial charge < -0.3 is 20.1 Å². The van der Waals surface area contributed by atoms with Crippen molar-refractivity contribution < 1.29 is 14.3 Å². The lowest BCUT2D eigenvalue weighted by Gasteiger charge is -2.23. The maximum Gasteiger partial charge on any atom is 0.235 e. The van der Waals surface area contributed by atoms with E-state index in [9.17, 15) is 4.79 Å². The van der Waals surface area contributed by atoms with E-state index in [4.69, 9.17) is 9.47 Å². The van der Waals surface area contributed by atoms with Gasteiger partial charge in [-0.25, -0.2) is 0 Å². The molecule has 0 unspecified atom stereocenters. The van der Waals surface area contributed by atoms with E-state index in [0.29, 0.717) is 13.1 Å². The molecule has 186 valence electrons. The van der Waals surface area contributed by atoms with Crippen molar-refractivity contribution in [1.82, 2.24) is 5.32 Å². The van der Waals surface area contributed by atoms with Crippen molar-refractivity contribution >= 4 is 35.1 Å². The molecule has 0 bridgehead atoms. The van der Waals surface area contributed by atoms with Crippen LogP contribution in [0.4, 0.5) is 5.69 Å². The molecule has 3 aromatic rings. The molecule has 5 nitrogen and oxygen atoms in total. The van der Waals surface area contributed by atoms with E-state index in [1.807, 2.05) is 62.4 Å². The molecule has 0 aromatic heterocycles. The second kappa shape index (κ2) is 13.4. The molecule has 0 heterocycles. The average molecular weight is 511 g/mol. The molecular weight excluding hydrogens is 476 g/mol. The van der Waals surface area contributed by atoms with Crippen molar-refractivity contribution in [3.63, 3.8) is 0 Å². The number of carbonyl (C=O) groups is 1. The molecule has 3 rings (SSSR count). The van der Waals surface area contributed by atoms with Crippen LogP contribution in [0.3, 0.4) is 0 Å². The first kappa shape index (κ1) is 26.8. The summed E-state index contributed by atoms with van der Waals surface area (Å²) in [6.07, 6.45) is 0. The first-order valence-electron chi connectivity index (χ1n) is 11.5. The average Bonchev–Trinajstić information content (AvgIpc) is 2.89. The number of methoxy groups -OCH3 is 2. The quantitative estimate of drug-likeness (QED) is 0.210. The first-order chi connectivity index (χ1) is 16.9. The lowest BCUT2D eigenvalue weighted by Crippen LogP contribution is -2.41. The van der Waals surface area contributed by atoms with Crippen LogP contribution in [0.1, 0.15) is 25.0 Å². The predicted molar refractivity (Wildman–Crippen MR) is 149 cm³/mol. The summed E-state index contributed by atoms with van der Waals surface area (Å²) in [7, 11) is 3.34. The summed E-state index contributed by atoms with van der Waals surface area (Å²) in [5, 5.41) is 6.54. The summed E-state index contributed by atoms with van der Waals surface area (Å²) in [5.41, 5.74) is 3.49. The van der Waals surface area contributed by atoms with Crippen LogP contribution < -0.4 is 20.1 Å². The largest absolute Gasteiger partial charge is 0.497 e. The van der Waals surface area contributed by atoms with E-state index in [1.54, 1.807) is 37.7 Å². The molecule has 0 aliphatic carbocycles. The molecule has 1 amide bonds. The highest BCUT2D eigenvalue weighted by atomic mass is 32.2. The molecule has 0 aliphatic rings. The number of anilines is 1. The summed E-state index contributed by atoms with van der Waals surface area (Å²) in [5.74, 6) is 3.38. The van der Waals surface area contributed by atoms with Gasteiger partial charge in [0.1, 0.15) is 11.5 Å². The maximum atomic E-state index is 12.8. The zero-order chi connectivity index (χ0) is 25.1. The van der Waals surface area contributed by atoms with Crippen molar-refractivity contribution in [3.05, 3.63) is 83.9 Å². The van der Waals surface area contributed by atoms with Gasteiger partial charge in [-0.05, 0) is 61.4 Å². The minimum atomic E-state index is -0.522. The Bertz CT molecular complexity index is 1070. The monoisotopic (exact) mass is 510 g/mol. The van der Waals surface area contributed by atoms with Crippen LogP contribution in [-0.4, -0.2) is 38.0 Å². The number of benzene rings is 3. The zero-order valence-corrected chi connectivity index (χ0v) is 22.4. The van der Waals surface area contributed by atoms with Gasteiger partial charge in [-0.1, -0.05) is 36.4 Å². The highest BCUT2D eigenvalue weighted by molar-refractivity contribution is 8.00. The predicted octanol–water partition coefficient (Wildman–Crippen LogP) is 6.24. The summed E-state index contributed by atoms with van der Waals surface area (Å²) < 4.78 is 9.92. The number of hydrogen-bond donors (Lipinski definition) is 2. The molecule has 0 atom stereocenters. The fraction of sp³-hybridized carbons (Fsp3) is 0.321. The summed E-state index contributed by atoms with van der Waals surface area (Å²) >= 11 is 3.42. The van der Waals surface area contributed by atoms with Crippen molar-refractivity contribution in [2.75, 3.05) is 32.6 Å². The lowest BCUT2D eigenvalue weighted by atomic mass is 10.2. The Kier molecular flexibility index (Phi) is 10.2. The topological polar surface area (TPSA) is 59.6 Å². The van der Waals surface area contributed by atoms with E-state index in [0.717, 1.165) is 28.7 Å². The standard InChI is InChI=1S/C28H34N2O3S2/c1-28(2,35-20-22-11-15-24(33-4)16-12-22)27(31)30-18-17-29-25-7-5-6-8-26(25)34-19-21-9-13-23(32-3)14-10-21/h5-16,29H,17-20H2,1-4H3,(H,30,31). The second-order valence-electron chi connectivity index (χ2n) is 8.46. The van der Waals surface area contributed by atoms with Crippen LogP contribution in [0.15, 0.2) is 77.7 Å². The van der Waals surface area contributed by atoms with Crippen molar-refractivity contribution in [1.29, 1.82) is 0 Å². The van der Waals surface area contributed by atoms with Crippen LogP contribution in [-0.2, 0) is 16.3 Å². The molecule has 35 heavy (non-hydrogen) atoms. The second-order valence-corrected chi connectivity index (χ2v) is 11.1. The van der Waals surface area contributed by atoms with Gasteiger partial charge in [-0.15, -0.1) is 23.5 Å². The van der Waals surface area contributed by atoms with Gasteiger partial charge in [0.05, 0.1) is 19.0 Å². The summed E-state index contributed by atoms with van der Waals surface area (Å²) in [4.78, 5) is 14.0. The number of amides is 1. The molecular formula is C28H34N2O3S2. The van der Waals surface area contributed by atoms with Gasteiger partial charge in [-0.2, -0.15) is 0 Å². The van der Waals surface area contributed by atoms with Crippen LogP contribution in [0.5, 0.6) is 11.5 Å². The number of nitrogens with one attached hydrogen (secondary N) is 2. The fourth-order valence-electron chi connectivity index (χ4n) is 3.26. The minimum absolute atomic E-state index is 0.0416. The highest BCUT2D eigenvalue weighted by Gasteiger charge is 2.27. The van der Waals surface area contributed by atoms with Gasteiger partial charge in [0.15, 0.2) is 0 Å². The van der Waals surface area contributed by atoms with Crippen LogP contribution in [0, 0.1) is 0 Å². The number of para-hydroxylation sites is 1. The molecule has 0 fully saturated rings. The lowest BCUT2D eigenvalue weighted by molar-refractivity contribution is -0.122. The van der Waals surface area contributed by atoms with Crippen LogP contribution in [0.25, 0.3) is 0 Å². The normalized spacial score (nSPS) is 11.1. The third-order valence-corrected chi connectivity index (χ3v) is 8.00. The third-order valence-electron chi connectivity index (χ3n) is 5.47. The highest BCUT2D eigenvalue weighted by Crippen LogP contribution is 2.31. The van der Waals surface area contributed by atoms with Gasteiger partial charge in [-0.3, -0.25) is 4.79 Å². The Morgan fingerprint density at radius 2 is 1.37 bits per heavy atom. The van der Waals surface area contributed by atoms with Crippen LogP contribution in [0.2, 0.25) is 0 Å². The maximum absolute atomic E-state index is 12.8. The van der Waals surface area contributed by atoms with Crippen molar-refractivity contribution in [3.8, 4) is 11.5 Å². The fourth-order valence-corrected chi connectivity index (χ4v) is 5.17. The van der Waals surface area contributed by atoms with E-state index >= 15 is 0 Å². The number of carbonyl (C=O) groups excluding carboxylic acids is 1. The smallest absolute Gasteiger partial charge is 0.235 e. The Hall–Kier alpha value is -2.77. The molecule has 0 saturated heterocycles. The van der Waals surface area contributed by atoms with E-state index in [-0.39, 0.29) is 5.91 Å². The molecule has 0 spiro atoms. The number of rotatable bonds is 13. The molecule has 2 N–H and O–H groups in total. The van der Waals surface area contributed by atoms with Gasteiger partial charge in [0.25, 0.3) is 0 Å². The Morgan fingerprint density at radius 3 is 1.97 bits per heavy atom. The zero-order valence-electron chi connectivity index (χ0n) is 20.8. The molecule has 3 aromatic carbocycles. The number of hydrogen-bond acceptors (Lipinski definition) is 6. The summed E-state index contributed by atoms with van der Waals surface area (Å²) in [6, 6.07) is 24.4. The van der Waals surface area contributed by atoms with E-state index < -0.39 is 4.75 Å². The molecule has 7 heteroatoms. The van der Waals surface area contributed by atoms with Gasteiger partial charge in [0, 0.05) is 35.2 Å². The van der Waals surface area contributed by atoms with Crippen molar-refractivity contribution in [2.24, 2.45) is 0 Å².